The van der Waals surface area contributed by atoms with Crippen molar-refractivity contribution in [3.05, 3.63) is 46.5 Å². The van der Waals surface area contributed by atoms with Crippen molar-refractivity contribution in [2.75, 3.05) is 37.4 Å². The number of halogens is 1. The van der Waals surface area contributed by atoms with Crippen molar-refractivity contribution in [3.8, 4) is 0 Å². The zero-order valence-electron chi connectivity index (χ0n) is 16.0. The first-order valence-electron chi connectivity index (χ1n) is 9.13. The van der Waals surface area contributed by atoms with Gasteiger partial charge in [0, 0.05) is 44.2 Å². The van der Waals surface area contributed by atoms with Gasteiger partial charge in [0.2, 0.25) is 0 Å². The average molecular weight is 371 g/mol. The SMILES string of the molecule is CCN(C)C=Nc1cc(C)c(Nc2ccc3c(c2)CCCN3C)cc1Cl. The number of anilines is 3. The maximum atomic E-state index is 6.45. The molecule has 0 saturated heterocycles. The van der Waals surface area contributed by atoms with Gasteiger partial charge in [0.1, 0.15) is 0 Å². The predicted octanol–water partition coefficient (Wildman–Crippen LogP) is 5.39. The van der Waals surface area contributed by atoms with E-state index in [2.05, 4.69) is 54.3 Å². The molecule has 0 radical (unpaired) electrons. The number of nitrogens with zero attached hydrogens (tertiary/aromatic N) is 3. The van der Waals surface area contributed by atoms with Crippen molar-refractivity contribution >= 4 is 40.7 Å². The lowest BCUT2D eigenvalue weighted by atomic mass is 10.0. The van der Waals surface area contributed by atoms with Gasteiger partial charge in [-0.1, -0.05) is 11.6 Å². The minimum absolute atomic E-state index is 0.650. The van der Waals surface area contributed by atoms with E-state index in [9.17, 15) is 0 Å². The number of rotatable bonds is 5. The van der Waals surface area contributed by atoms with Crippen LogP contribution in [0.5, 0.6) is 0 Å². The zero-order chi connectivity index (χ0) is 18.7. The van der Waals surface area contributed by atoms with Crippen LogP contribution in [0.25, 0.3) is 0 Å². The van der Waals surface area contributed by atoms with Gasteiger partial charge in [0.25, 0.3) is 0 Å². The van der Waals surface area contributed by atoms with Gasteiger partial charge in [0.05, 0.1) is 17.0 Å². The third-order valence-electron chi connectivity index (χ3n) is 4.90. The van der Waals surface area contributed by atoms with Crippen LogP contribution in [0.4, 0.5) is 22.7 Å². The average Bonchev–Trinajstić information content (AvgIpc) is 2.63. The molecule has 1 aliphatic heterocycles. The van der Waals surface area contributed by atoms with E-state index in [0.29, 0.717) is 5.02 Å². The maximum Gasteiger partial charge on any atom is 0.0910 e. The number of hydrogen-bond donors (Lipinski definition) is 1. The second kappa shape index (κ2) is 8.00. The standard InChI is InChI=1S/C21H27ClN4/c1-5-25(3)14-23-20-11-15(2)19(13-18(20)22)24-17-8-9-21-16(12-17)7-6-10-26(21)4/h8-9,11-14,24H,5-7,10H2,1-4H3. The minimum Gasteiger partial charge on any atom is -0.374 e. The molecule has 0 spiro atoms. The normalized spacial score (nSPS) is 13.8. The van der Waals surface area contributed by atoms with Crippen molar-refractivity contribution in [2.24, 2.45) is 4.99 Å². The van der Waals surface area contributed by atoms with E-state index >= 15 is 0 Å². The molecule has 2 aromatic rings. The maximum absolute atomic E-state index is 6.45. The van der Waals surface area contributed by atoms with E-state index < -0.39 is 0 Å². The fraction of sp³-hybridized carbons (Fsp3) is 0.381. The predicted molar refractivity (Wildman–Crippen MR) is 114 cm³/mol. The van der Waals surface area contributed by atoms with E-state index in [-0.39, 0.29) is 0 Å². The molecule has 2 aromatic carbocycles. The summed E-state index contributed by atoms with van der Waals surface area (Å²) in [5, 5.41) is 4.17. The Morgan fingerprint density at radius 3 is 2.88 bits per heavy atom. The lowest BCUT2D eigenvalue weighted by Gasteiger charge is -2.28. The van der Waals surface area contributed by atoms with Gasteiger partial charge in [-0.2, -0.15) is 0 Å². The Morgan fingerprint density at radius 2 is 2.12 bits per heavy atom. The number of benzene rings is 2. The molecular weight excluding hydrogens is 344 g/mol. The van der Waals surface area contributed by atoms with E-state index in [0.717, 1.165) is 42.1 Å². The summed E-state index contributed by atoms with van der Waals surface area (Å²) in [7, 11) is 4.15. The van der Waals surface area contributed by atoms with Crippen LogP contribution >= 0.6 is 11.6 Å². The Morgan fingerprint density at radius 1 is 1.31 bits per heavy atom. The lowest BCUT2D eigenvalue weighted by Crippen LogP contribution is -2.24. The van der Waals surface area contributed by atoms with Gasteiger partial charge in [-0.3, -0.25) is 0 Å². The molecule has 5 heteroatoms. The Bertz CT molecular complexity index is 816. The molecule has 0 saturated carbocycles. The Labute approximate surface area is 161 Å². The number of aliphatic imine (C=N–C) groups is 1. The van der Waals surface area contributed by atoms with Crippen LogP contribution in [0.1, 0.15) is 24.5 Å². The molecule has 1 aliphatic rings. The van der Waals surface area contributed by atoms with Crippen molar-refractivity contribution in [1.29, 1.82) is 0 Å². The molecule has 0 atom stereocenters. The smallest absolute Gasteiger partial charge is 0.0910 e. The van der Waals surface area contributed by atoms with Crippen molar-refractivity contribution in [2.45, 2.75) is 26.7 Å². The number of aryl methyl sites for hydroxylation is 2. The summed E-state index contributed by atoms with van der Waals surface area (Å²) in [5.74, 6) is 0. The van der Waals surface area contributed by atoms with E-state index in [1.165, 1.54) is 17.7 Å². The first-order chi connectivity index (χ1) is 12.5. The van der Waals surface area contributed by atoms with Gasteiger partial charge < -0.3 is 15.1 Å². The third-order valence-corrected chi connectivity index (χ3v) is 5.20. The molecule has 4 nitrogen and oxygen atoms in total. The number of fused-ring (bicyclic) bond motifs is 1. The van der Waals surface area contributed by atoms with E-state index in [1.54, 1.807) is 0 Å². The van der Waals surface area contributed by atoms with Crippen LogP contribution in [-0.4, -0.2) is 38.4 Å². The molecule has 26 heavy (non-hydrogen) atoms. The molecule has 1 heterocycles. The Balaban J connectivity index is 1.82. The van der Waals surface area contributed by atoms with Crippen LogP contribution < -0.4 is 10.2 Å². The fourth-order valence-corrected chi connectivity index (χ4v) is 3.37. The summed E-state index contributed by atoms with van der Waals surface area (Å²) in [6, 6.07) is 10.6. The second-order valence-electron chi connectivity index (χ2n) is 6.93. The van der Waals surface area contributed by atoms with Gasteiger partial charge in [-0.25, -0.2) is 4.99 Å². The first-order valence-corrected chi connectivity index (χ1v) is 9.51. The lowest BCUT2D eigenvalue weighted by molar-refractivity contribution is 0.552. The highest BCUT2D eigenvalue weighted by Gasteiger charge is 2.14. The summed E-state index contributed by atoms with van der Waals surface area (Å²) in [4.78, 5) is 8.83. The van der Waals surface area contributed by atoms with Crippen molar-refractivity contribution in [1.82, 2.24) is 4.90 Å². The highest BCUT2D eigenvalue weighted by atomic mass is 35.5. The monoisotopic (exact) mass is 370 g/mol. The molecule has 0 fully saturated rings. The quantitative estimate of drug-likeness (QED) is 0.565. The zero-order valence-corrected chi connectivity index (χ0v) is 16.8. The second-order valence-corrected chi connectivity index (χ2v) is 7.34. The van der Waals surface area contributed by atoms with Gasteiger partial charge in [-0.15, -0.1) is 0 Å². The van der Waals surface area contributed by atoms with E-state index in [4.69, 9.17) is 11.6 Å². The van der Waals surface area contributed by atoms with Gasteiger partial charge in [0.15, 0.2) is 0 Å². The molecule has 0 amide bonds. The number of hydrogen-bond acceptors (Lipinski definition) is 3. The van der Waals surface area contributed by atoms with Crippen LogP contribution in [0, 0.1) is 6.92 Å². The van der Waals surface area contributed by atoms with Crippen LogP contribution in [-0.2, 0) is 6.42 Å². The summed E-state index contributed by atoms with van der Waals surface area (Å²) in [6.07, 6.45) is 4.15. The topological polar surface area (TPSA) is 30.9 Å². The molecule has 0 unspecified atom stereocenters. The highest BCUT2D eigenvalue weighted by Crippen LogP contribution is 2.34. The van der Waals surface area contributed by atoms with E-state index in [1.807, 2.05) is 30.4 Å². The van der Waals surface area contributed by atoms with Gasteiger partial charge in [-0.05, 0) is 68.1 Å². The third kappa shape index (κ3) is 4.13. The molecule has 0 aromatic heterocycles. The molecule has 1 N–H and O–H groups in total. The van der Waals surface area contributed by atoms with Gasteiger partial charge >= 0.3 is 0 Å². The largest absolute Gasteiger partial charge is 0.374 e. The summed E-state index contributed by atoms with van der Waals surface area (Å²) in [5.41, 5.74) is 6.76. The summed E-state index contributed by atoms with van der Waals surface area (Å²) >= 11 is 6.45. The van der Waals surface area contributed by atoms with Crippen LogP contribution in [0.3, 0.4) is 0 Å². The molecule has 0 bridgehead atoms. The summed E-state index contributed by atoms with van der Waals surface area (Å²) < 4.78 is 0. The molecule has 0 aliphatic carbocycles. The fourth-order valence-electron chi connectivity index (χ4n) is 3.16. The highest BCUT2D eigenvalue weighted by molar-refractivity contribution is 6.33. The number of nitrogens with one attached hydrogen (secondary N) is 1. The van der Waals surface area contributed by atoms with Crippen molar-refractivity contribution < 1.29 is 0 Å². The minimum atomic E-state index is 0.650. The molecule has 3 rings (SSSR count). The first kappa shape index (κ1) is 18.6. The van der Waals surface area contributed by atoms with Crippen LogP contribution in [0.2, 0.25) is 5.02 Å². The van der Waals surface area contributed by atoms with Crippen molar-refractivity contribution in [3.63, 3.8) is 0 Å². The summed E-state index contributed by atoms with van der Waals surface area (Å²) in [6.45, 7) is 6.20. The molecule has 138 valence electrons. The Hall–Kier alpha value is -2.20. The molecular formula is C21H27ClN4. The van der Waals surface area contributed by atoms with Crippen LogP contribution in [0.15, 0.2) is 35.3 Å². The Kier molecular flexibility index (Phi) is 5.72.